The molecule has 0 amide bonds. The Morgan fingerprint density at radius 1 is 1.26 bits per heavy atom. The van der Waals surface area contributed by atoms with Gasteiger partial charge in [-0.2, -0.15) is 0 Å². The zero-order chi connectivity index (χ0) is 18.6. The van der Waals surface area contributed by atoms with Crippen molar-refractivity contribution in [1.82, 2.24) is 4.98 Å². The number of nitrogens with zero attached hydrogens (tertiary/aromatic N) is 1. The SMILES string of the molecule is O=C(O)C[C@@H]1CCc2cc(OCCc3cccc(-c4ccoc4)n3)ccc21. The predicted molar refractivity (Wildman–Crippen MR) is 101 cm³/mol. The summed E-state index contributed by atoms with van der Waals surface area (Å²) < 4.78 is 11.0. The van der Waals surface area contributed by atoms with Crippen molar-refractivity contribution in [2.24, 2.45) is 0 Å². The zero-order valence-electron chi connectivity index (χ0n) is 14.9. The number of carbonyl (C=O) groups is 1. The van der Waals surface area contributed by atoms with Crippen molar-refractivity contribution in [1.29, 1.82) is 0 Å². The monoisotopic (exact) mass is 363 g/mol. The molecule has 27 heavy (non-hydrogen) atoms. The maximum absolute atomic E-state index is 11.0. The average Bonchev–Trinajstić information content (AvgIpc) is 3.32. The van der Waals surface area contributed by atoms with Gasteiger partial charge in [-0.25, -0.2) is 0 Å². The molecular formula is C22H21NO4. The van der Waals surface area contributed by atoms with E-state index in [0.717, 1.165) is 41.1 Å². The number of aliphatic carboxylic acids is 1. The van der Waals surface area contributed by atoms with Crippen LogP contribution in [0.3, 0.4) is 0 Å². The number of hydrogen-bond donors (Lipinski definition) is 1. The second kappa shape index (κ2) is 7.66. The van der Waals surface area contributed by atoms with Crippen molar-refractivity contribution in [3.63, 3.8) is 0 Å². The molecule has 0 radical (unpaired) electrons. The van der Waals surface area contributed by atoms with Crippen LogP contribution in [0.15, 0.2) is 59.4 Å². The Labute approximate surface area is 157 Å². The fourth-order valence-electron chi connectivity index (χ4n) is 3.66. The molecule has 1 aromatic carbocycles. The van der Waals surface area contributed by atoms with E-state index >= 15 is 0 Å². The van der Waals surface area contributed by atoms with Crippen LogP contribution in [0, 0.1) is 0 Å². The molecule has 4 rings (SSSR count). The topological polar surface area (TPSA) is 72.6 Å². The van der Waals surface area contributed by atoms with E-state index < -0.39 is 5.97 Å². The summed E-state index contributed by atoms with van der Waals surface area (Å²) in [5.41, 5.74) is 5.19. The molecule has 138 valence electrons. The summed E-state index contributed by atoms with van der Waals surface area (Å²) in [6.45, 7) is 0.541. The maximum atomic E-state index is 11.0. The van der Waals surface area contributed by atoms with Crippen molar-refractivity contribution < 1.29 is 19.1 Å². The Bertz CT molecular complexity index is 933. The van der Waals surface area contributed by atoms with E-state index in [1.807, 2.05) is 42.5 Å². The number of carboxylic acids is 1. The third-order valence-corrected chi connectivity index (χ3v) is 4.99. The van der Waals surface area contributed by atoms with Gasteiger partial charge in [0.2, 0.25) is 0 Å². The maximum Gasteiger partial charge on any atom is 0.303 e. The second-order valence-electron chi connectivity index (χ2n) is 6.82. The van der Waals surface area contributed by atoms with E-state index in [-0.39, 0.29) is 12.3 Å². The summed E-state index contributed by atoms with van der Waals surface area (Å²) >= 11 is 0. The van der Waals surface area contributed by atoms with E-state index in [1.54, 1.807) is 12.5 Å². The van der Waals surface area contributed by atoms with Gasteiger partial charge >= 0.3 is 5.97 Å². The smallest absolute Gasteiger partial charge is 0.303 e. The fourth-order valence-corrected chi connectivity index (χ4v) is 3.66. The first-order chi connectivity index (χ1) is 13.2. The second-order valence-corrected chi connectivity index (χ2v) is 6.82. The Balaban J connectivity index is 1.36. The van der Waals surface area contributed by atoms with Crippen molar-refractivity contribution in [2.75, 3.05) is 6.61 Å². The van der Waals surface area contributed by atoms with E-state index in [2.05, 4.69) is 4.98 Å². The molecule has 0 aliphatic heterocycles. The summed E-state index contributed by atoms with van der Waals surface area (Å²) in [7, 11) is 0. The third kappa shape index (κ3) is 4.03. The molecule has 3 aromatic rings. The Kier molecular flexibility index (Phi) is 4.92. The highest BCUT2D eigenvalue weighted by Gasteiger charge is 2.24. The molecule has 1 atom stereocenters. The molecule has 5 nitrogen and oxygen atoms in total. The Morgan fingerprint density at radius 3 is 3.00 bits per heavy atom. The van der Waals surface area contributed by atoms with Gasteiger partial charge in [0.1, 0.15) is 5.75 Å². The Morgan fingerprint density at radius 2 is 2.19 bits per heavy atom. The first kappa shape index (κ1) is 17.3. The number of ether oxygens (including phenoxy) is 1. The van der Waals surface area contributed by atoms with Crippen LogP contribution in [-0.4, -0.2) is 22.7 Å². The lowest BCUT2D eigenvalue weighted by atomic mass is 9.98. The van der Waals surface area contributed by atoms with Gasteiger partial charge in [-0.15, -0.1) is 0 Å². The van der Waals surface area contributed by atoms with E-state index in [0.29, 0.717) is 13.0 Å². The Hall–Kier alpha value is -3.08. The van der Waals surface area contributed by atoms with Crippen LogP contribution in [-0.2, 0) is 17.6 Å². The fraction of sp³-hybridized carbons (Fsp3) is 0.273. The number of hydrogen-bond acceptors (Lipinski definition) is 4. The van der Waals surface area contributed by atoms with Gasteiger partial charge in [0.05, 0.1) is 31.2 Å². The van der Waals surface area contributed by atoms with Gasteiger partial charge in [0.15, 0.2) is 0 Å². The quantitative estimate of drug-likeness (QED) is 0.671. The first-order valence-corrected chi connectivity index (χ1v) is 9.15. The minimum atomic E-state index is -0.738. The lowest BCUT2D eigenvalue weighted by Crippen LogP contribution is -2.04. The number of benzene rings is 1. The standard InChI is InChI=1S/C22H21NO4/c24-22(25)13-16-5-4-15-12-19(6-7-20(15)16)27-11-9-18-2-1-3-21(23-18)17-8-10-26-14-17/h1-3,6-8,10,12,14,16H,4-5,9,11,13H2,(H,24,25)/t16-/m0/s1. The molecule has 1 aliphatic carbocycles. The van der Waals surface area contributed by atoms with Crippen molar-refractivity contribution in [2.45, 2.75) is 31.6 Å². The van der Waals surface area contributed by atoms with Gasteiger partial charge in [0.25, 0.3) is 0 Å². The molecule has 2 aromatic heterocycles. The highest BCUT2D eigenvalue weighted by molar-refractivity contribution is 5.68. The van der Waals surface area contributed by atoms with Crippen LogP contribution >= 0.6 is 0 Å². The largest absolute Gasteiger partial charge is 0.493 e. The van der Waals surface area contributed by atoms with Crippen LogP contribution in [0.5, 0.6) is 5.75 Å². The number of pyridine rings is 1. The lowest BCUT2D eigenvalue weighted by Gasteiger charge is -2.11. The zero-order valence-corrected chi connectivity index (χ0v) is 14.9. The number of fused-ring (bicyclic) bond motifs is 1. The molecule has 0 saturated carbocycles. The minimum Gasteiger partial charge on any atom is -0.493 e. The van der Waals surface area contributed by atoms with Crippen molar-refractivity contribution >= 4 is 5.97 Å². The third-order valence-electron chi connectivity index (χ3n) is 4.99. The summed E-state index contributed by atoms with van der Waals surface area (Å²) in [5.74, 6) is 0.218. The molecule has 0 fully saturated rings. The molecular weight excluding hydrogens is 342 g/mol. The number of aromatic nitrogens is 1. The van der Waals surface area contributed by atoms with Gasteiger partial charge < -0.3 is 14.3 Å². The minimum absolute atomic E-state index is 0.126. The predicted octanol–water partition coefficient (Wildman–Crippen LogP) is 4.47. The lowest BCUT2D eigenvalue weighted by molar-refractivity contribution is -0.137. The van der Waals surface area contributed by atoms with Crippen LogP contribution in [0.1, 0.15) is 35.6 Å². The summed E-state index contributed by atoms with van der Waals surface area (Å²) in [4.78, 5) is 15.6. The van der Waals surface area contributed by atoms with E-state index in [4.69, 9.17) is 14.3 Å². The normalized spacial score (nSPS) is 15.5. The average molecular weight is 363 g/mol. The van der Waals surface area contributed by atoms with Crippen molar-refractivity contribution in [3.8, 4) is 17.0 Å². The number of aryl methyl sites for hydroxylation is 1. The summed E-state index contributed by atoms with van der Waals surface area (Å²) in [6, 6.07) is 13.8. The van der Waals surface area contributed by atoms with Gasteiger partial charge in [-0.1, -0.05) is 12.1 Å². The van der Waals surface area contributed by atoms with Crippen LogP contribution in [0.4, 0.5) is 0 Å². The van der Waals surface area contributed by atoms with E-state index in [1.165, 1.54) is 5.56 Å². The summed E-state index contributed by atoms with van der Waals surface area (Å²) in [5, 5.41) is 9.02. The van der Waals surface area contributed by atoms with Crippen LogP contribution in [0.25, 0.3) is 11.3 Å². The molecule has 1 N–H and O–H groups in total. The van der Waals surface area contributed by atoms with Gasteiger partial charge in [-0.05, 0) is 60.2 Å². The molecule has 0 unspecified atom stereocenters. The van der Waals surface area contributed by atoms with E-state index in [9.17, 15) is 4.79 Å². The highest BCUT2D eigenvalue weighted by atomic mass is 16.5. The highest BCUT2D eigenvalue weighted by Crippen LogP contribution is 2.37. The number of carboxylic acid groups (broad SMARTS) is 1. The first-order valence-electron chi connectivity index (χ1n) is 9.15. The molecule has 0 saturated heterocycles. The van der Waals surface area contributed by atoms with Gasteiger partial charge in [0, 0.05) is 17.7 Å². The van der Waals surface area contributed by atoms with Crippen molar-refractivity contribution in [3.05, 3.63) is 71.8 Å². The van der Waals surface area contributed by atoms with Crippen LogP contribution in [0.2, 0.25) is 0 Å². The number of furan rings is 1. The molecule has 0 spiro atoms. The molecule has 1 aliphatic rings. The van der Waals surface area contributed by atoms with Gasteiger partial charge in [-0.3, -0.25) is 9.78 Å². The molecule has 5 heteroatoms. The number of rotatable bonds is 7. The molecule has 0 bridgehead atoms. The molecule has 2 heterocycles. The van der Waals surface area contributed by atoms with Crippen LogP contribution < -0.4 is 4.74 Å². The summed E-state index contributed by atoms with van der Waals surface area (Å²) in [6.07, 6.45) is 6.05.